The number of fused-ring (bicyclic) bond motifs is 5. The third-order valence-electron chi connectivity index (χ3n) is 6.33. The van der Waals surface area contributed by atoms with Crippen LogP contribution in [0.4, 0.5) is 11.5 Å². The summed E-state index contributed by atoms with van der Waals surface area (Å²) in [6, 6.07) is 17.0. The van der Waals surface area contributed by atoms with Crippen molar-refractivity contribution in [3.63, 3.8) is 0 Å². The molecule has 3 aliphatic heterocycles. The standard InChI is InChI=1S/C24H23N3O3/c1-26(2)23-8-7-16(11-25-23)12-27-13-24(17-5-3-4-6-19(17)27)14-28-20-10-22-21(9-18(20)24)29-15-30-22/h3-11H,12-15H2,1-2H3. The van der Waals surface area contributed by atoms with Crippen molar-refractivity contribution >= 4 is 11.5 Å². The van der Waals surface area contributed by atoms with Crippen molar-refractivity contribution in [3.8, 4) is 17.2 Å². The minimum Gasteiger partial charge on any atom is -0.492 e. The summed E-state index contributed by atoms with van der Waals surface area (Å²) in [6.45, 7) is 2.55. The molecule has 1 atom stereocenters. The second kappa shape index (κ2) is 6.29. The van der Waals surface area contributed by atoms with Gasteiger partial charge in [0.2, 0.25) is 6.79 Å². The lowest BCUT2D eigenvalue weighted by Crippen LogP contribution is -2.35. The summed E-state index contributed by atoms with van der Waals surface area (Å²) in [5, 5.41) is 0. The molecule has 6 rings (SSSR count). The van der Waals surface area contributed by atoms with Crippen molar-refractivity contribution in [3.05, 3.63) is 71.4 Å². The molecule has 0 fully saturated rings. The summed E-state index contributed by atoms with van der Waals surface area (Å²) in [5.74, 6) is 3.43. The third-order valence-corrected chi connectivity index (χ3v) is 6.33. The van der Waals surface area contributed by atoms with Crippen molar-refractivity contribution < 1.29 is 14.2 Å². The highest BCUT2D eigenvalue weighted by Gasteiger charge is 2.50. The van der Waals surface area contributed by atoms with Crippen LogP contribution < -0.4 is 24.0 Å². The predicted octanol–water partition coefficient (Wildman–Crippen LogP) is 3.58. The average Bonchev–Trinajstić information content (AvgIpc) is 3.45. The van der Waals surface area contributed by atoms with E-state index in [4.69, 9.17) is 14.2 Å². The fourth-order valence-electron chi connectivity index (χ4n) is 4.84. The molecule has 0 radical (unpaired) electrons. The Kier molecular flexibility index (Phi) is 3.66. The van der Waals surface area contributed by atoms with Crippen LogP contribution in [-0.4, -0.2) is 39.0 Å². The topological polar surface area (TPSA) is 47.1 Å². The quantitative estimate of drug-likeness (QED) is 0.669. The Labute approximate surface area is 175 Å². The molecule has 0 N–H and O–H groups in total. The normalized spacial score (nSPS) is 20.3. The van der Waals surface area contributed by atoms with Gasteiger partial charge in [0.1, 0.15) is 18.2 Å². The van der Waals surface area contributed by atoms with Crippen LogP contribution >= 0.6 is 0 Å². The zero-order valence-electron chi connectivity index (χ0n) is 17.1. The molecule has 6 nitrogen and oxygen atoms in total. The summed E-state index contributed by atoms with van der Waals surface area (Å²) in [4.78, 5) is 9.03. The molecule has 30 heavy (non-hydrogen) atoms. The highest BCUT2D eigenvalue weighted by molar-refractivity contribution is 5.71. The van der Waals surface area contributed by atoms with Gasteiger partial charge in [-0.1, -0.05) is 24.3 Å². The number of hydrogen-bond donors (Lipinski definition) is 0. The zero-order chi connectivity index (χ0) is 20.3. The van der Waals surface area contributed by atoms with Crippen LogP contribution in [-0.2, 0) is 12.0 Å². The summed E-state index contributed by atoms with van der Waals surface area (Å²) in [5.41, 5.74) is 4.73. The van der Waals surface area contributed by atoms with Gasteiger partial charge in [0.15, 0.2) is 11.5 Å². The molecular weight excluding hydrogens is 378 g/mol. The second-order valence-corrected chi connectivity index (χ2v) is 8.36. The van der Waals surface area contributed by atoms with E-state index in [0.717, 1.165) is 36.2 Å². The maximum Gasteiger partial charge on any atom is 0.231 e. The van der Waals surface area contributed by atoms with Gasteiger partial charge in [-0.3, -0.25) is 0 Å². The van der Waals surface area contributed by atoms with Gasteiger partial charge in [0, 0.05) is 50.7 Å². The zero-order valence-corrected chi connectivity index (χ0v) is 17.1. The summed E-state index contributed by atoms with van der Waals surface area (Å²) in [7, 11) is 4.01. The van der Waals surface area contributed by atoms with Crippen molar-refractivity contribution in [2.45, 2.75) is 12.0 Å². The first-order valence-corrected chi connectivity index (χ1v) is 10.2. The molecule has 0 saturated heterocycles. The predicted molar refractivity (Wildman–Crippen MR) is 115 cm³/mol. The van der Waals surface area contributed by atoms with Gasteiger partial charge in [0.05, 0.1) is 5.41 Å². The van der Waals surface area contributed by atoms with Crippen LogP contribution in [0.5, 0.6) is 17.2 Å². The van der Waals surface area contributed by atoms with Crippen LogP contribution in [0, 0.1) is 0 Å². The van der Waals surface area contributed by atoms with Gasteiger partial charge >= 0.3 is 0 Å². The molecule has 152 valence electrons. The number of ether oxygens (including phenoxy) is 3. The van der Waals surface area contributed by atoms with E-state index in [1.807, 2.05) is 31.3 Å². The lowest BCUT2D eigenvalue weighted by atomic mass is 9.77. The maximum atomic E-state index is 6.18. The SMILES string of the molecule is CN(C)c1ccc(CN2CC3(COc4cc5c(cc43)OCO5)c3ccccc32)cn1. The van der Waals surface area contributed by atoms with E-state index < -0.39 is 0 Å². The van der Waals surface area contributed by atoms with Crippen LogP contribution in [0.25, 0.3) is 0 Å². The van der Waals surface area contributed by atoms with Crippen molar-refractivity contribution in [1.82, 2.24) is 4.98 Å². The summed E-state index contributed by atoms with van der Waals surface area (Å²) >= 11 is 0. The molecule has 6 heteroatoms. The number of pyridine rings is 1. The van der Waals surface area contributed by atoms with E-state index in [-0.39, 0.29) is 12.2 Å². The molecular formula is C24H23N3O3. The van der Waals surface area contributed by atoms with Crippen LogP contribution in [0.15, 0.2) is 54.7 Å². The first kappa shape index (κ1) is 17.4. The van der Waals surface area contributed by atoms with Gasteiger partial charge in [0.25, 0.3) is 0 Å². The Bertz CT molecular complexity index is 1130. The number of rotatable bonds is 3. The van der Waals surface area contributed by atoms with Gasteiger partial charge in [-0.05, 0) is 29.3 Å². The Morgan fingerprint density at radius 1 is 0.967 bits per heavy atom. The first-order chi connectivity index (χ1) is 14.6. The minimum atomic E-state index is -0.204. The highest BCUT2D eigenvalue weighted by Crippen LogP contribution is 2.54. The van der Waals surface area contributed by atoms with Gasteiger partial charge < -0.3 is 24.0 Å². The van der Waals surface area contributed by atoms with E-state index in [2.05, 4.69) is 52.3 Å². The number of aromatic nitrogens is 1. The number of para-hydroxylation sites is 1. The lowest BCUT2D eigenvalue weighted by Gasteiger charge is -2.25. The largest absolute Gasteiger partial charge is 0.492 e. The number of nitrogens with zero attached hydrogens (tertiary/aromatic N) is 3. The molecule has 0 saturated carbocycles. The summed E-state index contributed by atoms with van der Waals surface area (Å²) in [6.07, 6.45) is 1.97. The molecule has 0 bridgehead atoms. The van der Waals surface area contributed by atoms with E-state index in [0.29, 0.717) is 6.61 Å². The number of hydrogen-bond acceptors (Lipinski definition) is 6. The highest BCUT2D eigenvalue weighted by atomic mass is 16.7. The molecule has 0 aliphatic carbocycles. The molecule has 2 aromatic carbocycles. The van der Waals surface area contributed by atoms with Crippen molar-refractivity contribution in [1.29, 1.82) is 0 Å². The molecule has 1 spiro atoms. The molecule has 1 aromatic heterocycles. The second-order valence-electron chi connectivity index (χ2n) is 8.36. The molecule has 1 unspecified atom stereocenters. The Morgan fingerprint density at radius 2 is 1.80 bits per heavy atom. The van der Waals surface area contributed by atoms with E-state index >= 15 is 0 Å². The van der Waals surface area contributed by atoms with Crippen LogP contribution in [0.1, 0.15) is 16.7 Å². The fraction of sp³-hybridized carbons (Fsp3) is 0.292. The van der Waals surface area contributed by atoms with Crippen molar-refractivity contribution in [2.24, 2.45) is 0 Å². The van der Waals surface area contributed by atoms with Crippen molar-refractivity contribution in [2.75, 3.05) is 43.8 Å². The third kappa shape index (κ3) is 2.46. The smallest absolute Gasteiger partial charge is 0.231 e. The Hall–Kier alpha value is -3.41. The molecule has 3 aromatic rings. The van der Waals surface area contributed by atoms with E-state index in [9.17, 15) is 0 Å². The maximum absolute atomic E-state index is 6.18. The van der Waals surface area contributed by atoms with E-state index in [1.165, 1.54) is 22.4 Å². The van der Waals surface area contributed by atoms with Gasteiger partial charge in [-0.15, -0.1) is 0 Å². The van der Waals surface area contributed by atoms with Gasteiger partial charge in [-0.25, -0.2) is 4.98 Å². The number of benzene rings is 2. The molecule has 0 amide bonds. The average molecular weight is 401 g/mol. The van der Waals surface area contributed by atoms with Gasteiger partial charge in [-0.2, -0.15) is 0 Å². The molecule has 4 heterocycles. The van der Waals surface area contributed by atoms with Crippen LogP contribution in [0.3, 0.4) is 0 Å². The van der Waals surface area contributed by atoms with Crippen LogP contribution in [0.2, 0.25) is 0 Å². The van der Waals surface area contributed by atoms with E-state index in [1.54, 1.807) is 0 Å². The fourth-order valence-corrected chi connectivity index (χ4v) is 4.84. The molecule has 3 aliphatic rings. The first-order valence-electron chi connectivity index (χ1n) is 10.2. The summed E-state index contributed by atoms with van der Waals surface area (Å²) < 4.78 is 17.4. The monoisotopic (exact) mass is 401 g/mol. The Balaban J connectivity index is 1.38. The Morgan fingerprint density at radius 3 is 2.60 bits per heavy atom. The minimum absolute atomic E-state index is 0.204. The number of anilines is 2. The lowest BCUT2D eigenvalue weighted by molar-refractivity contribution is 0.173.